The molecule has 0 aromatic rings. The van der Waals surface area contributed by atoms with E-state index in [0.29, 0.717) is 11.8 Å². The molecule has 4 heteroatoms. The normalized spacial score (nSPS) is 21.8. The third-order valence-electron chi connectivity index (χ3n) is 2.34. The summed E-state index contributed by atoms with van der Waals surface area (Å²) in [5.74, 6) is 1.10. The largest absolute Gasteiger partial charge is 0.459 e. The quantitative estimate of drug-likeness (QED) is 0.771. The Morgan fingerprint density at radius 1 is 1.44 bits per heavy atom. The van der Waals surface area contributed by atoms with Gasteiger partial charge in [0.2, 0.25) is 0 Å². The van der Waals surface area contributed by atoms with Gasteiger partial charge in [0.15, 0.2) is 0 Å². The molecule has 0 aromatic heterocycles. The highest BCUT2D eigenvalue weighted by atomic mass is 32.2. The van der Waals surface area contributed by atoms with Crippen LogP contribution in [0.3, 0.4) is 0 Å². The molecule has 1 heterocycles. The van der Waals surface area contributed by atoms with Crippen LogP contribution < -0.4 is 5.32 Å². The molecule has 0 saturated carbocycles. The molecule has 3 nitrogen and oxygen atoms in total. The Kier molecular flexibility index (Phi) is 5.62. The number of hydrogen-bond donors (Lipinski definition) is 1. The van der Waals surface area contributed by atoms with Crippen molar-refractivity contribution in [2.45, 2.75) is 50.9 Å². The molecule has 0 radical (unpaired) electrons. The van der Waals surface area contributed by atoms with E-state index in [2.05, 4.69) is 5.32 Å². The first kappa shape index (κ1) is 13.8. The summed E-state index contributed by atoms with van der Waals surface area (Å²) in [4.78, 5) is 11.4. The van der Waals surface area contributed by atoms with Gasteiger partial charge in [0.1, 0.15) is 5.60 Å². The molecule has 1 aliphatic rings. The average Bonchev–Trinajstić information content (AvgIpc) is 2.16. The minimum Gasteiger partial charge on any atom is -0.459 e. The molecule has 1 fully saturated rings. The van der Waals surface area contributed by atoms with E-state index in [1.165, 1.54) is 25.0 Å². The van der Waals surface area contributed by atoms with Crippen LogP contribution in [0.25, 0.3) is 0 Å². The predicted molar refractivity (Wildman–Crippen MR) is 68.8 cm³/mol. The van der Waals surface area contributed by atoms with Crippen LogP contribution in [0.4, 0.5) is 0 Å². The third kappa shape index (κ3) is 6.38. The van der Waals surface area contributed by atoms with E-state index in [4.69, 9.17) is 4.74 Å². The first-order valence-corrected chi connectivity index (χ1v) is 7.06. The Balaban J connectivity index is 2.08. The molecule has 1 unspecified atom stereocenters. The minimum absolute atomic E-state index is 0.159. The molecule has 1 saturated heterocycles. The third-order valence-corrected chi connectivity index (χ3v) is 3.73. The summed E-state index contributed by atoms with van der Waals surface area (Å²) in [6.07, 6.45) is 3.94. The Bertz CT molecular complexity index is 220. The molecule has 1 atom stereocenters. The fraction of sp³-hybridized carbons (Fsp3) is 0.917. The summed E-state index contributed by atoms with van der Waals surface area (Å²) in [6, 6.07) is 0. The smallest absolute Gasteiger partial charge is 0.320 e. The van der Waals surface area contributed by atoms with Gasteiger partial charge in [-0.1, -0.05) is 6.42 Å². The number of carbonyl (C=O) groups is 1. The van der Waals surface area contributed by atoms with Crippen molar-refractivity contribution in [3.8, 4) is 0 Å². The highest BCUT2D eigenvalue weighted by Gasteiger charge is 2.17. The lowest BCUT2D eigenvalue weighted by molar-refractivity contribution is -0.153. The van der Waals surface area contributed by atoms with Gasteiger partial charge in [-0.15, -0.1) is 0 Å². The van der Waals surface area contributed by atoms with Gasteiger partial charge < -0.3 is 10.1 Å². The molecule has 1 rings (SSSR count). The molecular weight excluding hydrogens is 222 g/mol. The van der Waals surface area contributed by atoms with Gasteiger partial charge in [0, 0.05) is 11.8 Å². The maximum Gasteiger partial charge on any atom is 0.320 e. The lowest BCUT2D eigenvalue weighted by Gasteiger charge is -2.22. The van der Waals surface area contributed by atoms with Gasteiger partial charge in [-0.3, -0.25) is 4.79 Å². The van der Waals surface area contributed by atoms with E-state index >= 15 is 0 Å². The highest BCUT2D eigenvalue weighted by Crippen LogP contribution is 2.24. The Morgan fingerprint density at radius 2 is 2.19 bits per heavy atom. The van der Waals surface area contributed by atoms with Crippen molar-refractivity contribution in [2.24, 2.45) is 0 Å². The van der Waals surface area contributed by atoms with Gasteiger partial charge >= 0.3 is 5.97 Å². The summed E-state index contributed by atoms with van der Waals surface area (Å²) < 4.78 is 5.22. The van der Waals surface area contributed by atoms with Crippen LogP contribution in [0.2, 0.25) is 0 Å². The number of rotatable bonds is 4. The molecule has 1 N–H and O–H groups in total. The van der Waals surface area contributed by atoms with Gasteiger partial charge in [0.05, 0.1) is 6.54 Å². The lowest BCUT2D eigenvalue weighted by atomic mass is 10.2. The Morgan fingerprint density at radius 3 is 2.75 bits per heavy atom. The summed E-state index contributed by atoms with van der Waals surface area (Å²) >= 11 is 2.01. The zero-order valence-corrected chi connectivity index (χ0v) is 11.4. The Labute approximate surface area is 103 Å². The number of carbonyl (C=O) groups excluding carboxylic acids is 1. The van der Waals surface area contributed by atoms with Crippen LogP contribution in [0.1, 0.15) is 40.0 Å². The van der Waals surface area contributed by atoms with Gasteiger partial charge in [0.25, 0.3) is 0 Å². The van der Waals surface area contributed by atoms with Gasteiger partial charge in [-0.05, 0) is 39.4 Å². The second-order valence-electron chi connectivity index (χ2n) is 5.21. The monoisotopic (exact) mass is 245 g/mol. The van der Waals surface area contributed by atoms with Crippen LogP contribution in [0.5, 0.6) is 0 Å². The van der Waals surface area contributed by atoms with Crippen LogP contribution >= 0.6 is 11.8 Å². The molecule has 0 aliphatic carbocycles. The van der Waals surface area contributed by atoms with Crippen LogP contribution in [0.15, 0.2) is 0 Å². The fourth-order valence-electron chi connectivity index (χ4n) is 1.68. The second kappa shape index (κ2) is 6.50. The molecule has 1 aliphatic heterocycles. The van der Waals surface area contributed by atoms with E-state index in [-0.39, 0.29) is 11.6 Å². The van der Waals surface area contributed by atoms with E-state index in [0.717, 1.165) is 6.54 Å². The SMILES string of the molecule is CC(C)(C)OC(=O)CNCC1CCCCS1. The lowest BCUT2D eigenvalue weighted by Crippen LogP contribution is -2.35. The maximum atomic E-state index is 11.4. The standard InChI is InChI=1S/C12H23NO2S/c1-12(2,3)15-11(14)9-13-8-10-6-4-5-7-16-10/h10,13H,4-9H2,1-3H3. The zero-order valence-electron chi connectivity index (χ0n) is 10.5. The van der Waals surface area contributed by atoms with Crippen molar-refractivity contribution < 1.29 is 9.53 Å². The Hall–Kier alpha value is -0.220. The number of ether oxygens (including phenoxy) is 1. The first-order chi connectivity index (χ1) is 7.47. The average molecular weight is 245 g/mol. The van der Waals surface area contributed by atoms with Crippen LogP contribution in [-0.4, -0.2) is 35.7 Å². The topological polar surface area (TPSA) is 38.3 Å². The van der Waals surface area contributed by atoms with Crippen LogP contribution in [-0.2, 0) is 9.53 Å². The number of nitrogens with one attached hydrogen (secondary N) is 1. The van der Waals surface area contributed by atoms with E-state index < -0.39 is 0 Å². The minimum atomic E-state index is -0.377. The van der Waals surface area contributed by atoms with E-state index in [9.17, 15) is 4.79 Å². The summed E-state index contributed by atoms with van der Waals surface area (Å²) in [5.41, 5.74) is -0.377. The predicted octanol–water partition coefficient (Wildman–Crippen LogP) is 2.20. The van der Waals surface area contributed by atoms with Crippen molar-refractivity contribution in [3.63, 3.8) is 0 Å². The second-order valence-corrected chi connectivity index (χ2v) is 6.61. The first-order valence-electron chi connectivity index (χ1n) is 6.01. The van der Waals surface area contributed by atoms with Crippen molar-refractivity contribution >= 4 is 17.7 Å². The molecular formula is C12H23NO2S. The molecule has 16 heavy (non-hydrogen) atoms. The van der Waals surface area contributed by atoms with Gasteiger partial charge in [-0.25, -0.2) is 0 Å². The maximum absolute atomic E-state index is 11.4. The summed E-state index contributed by atoms with van der Waals surface area (Å²) in [5, 5.41) is 3.86. The van der Waals surface area contributed by atoms with E-state index in [1.54, 1.807) is 0 Å². The molecule has 0 amide bonds. The number of hydrogen-bond acceptors (Lipinski definition) is 4. The molecule has 94 valence electrons. The van der Waals surface area contributed by atoms with Crippen LogP contribution in [0, 0.1) is 0 Å². The van der Waals surface area contributed by atoms with Gasteiger partial charge in [-0.2, -0.15) is 11.8 Å². The highest BCUT2D eigenvalue weighted by molar-refractivity contribution is 7.99. The van der Waals surface area contributed by atoms with Crippen molar-refractivity contribution in [2.75, 3.05) is 18.8 Å². The molecule has 0 bridgehead atoms. The zero-order chi connectivity index (χ0) is 12.0. The molecule has 0 aromatic carbocycles. The van der Waals surface area contributed by atoms with Crippen molar-refractivity contribution in [3.05, 3.63) is 0 Å². The summed E-state index contributed by atoms with van der Waals surface area (Å²) in [7, 11) is 0. The fourth-order valence-corrected chi connectivity index (χ4v) is 2.95. The number of esters is 1. The summed E-state index contributed by atoms with van der Waals surface area (Å²) in [6.45, 7) is 6.92. The van der Waals surface area contributed by atoms with E-state index in [1.807, 2.05) is 32.5 Å². The molecule has 0 spiro atoms. The van der Waals surface area contributed by atoms with Crippen molar-refractivity contribution in [1.82, 2.24) is 5.32 Å². The number of thioether (sulfide) groups is 1. The van der Waals surface area contributed by atoms with Crippen molar-refractivity contribution in [1.29, 1.82) is 0 Å².